The molecule has 0 saturated heterocycles. The molecule has 0 aliphatic rings. The van der Waals surface area contributed by atoms with E-state index < -0.39 is 21.3 Å². The highest BCUT2D eigenvalue weighted by atomic mass is 32.2. The number of hydrogen-bond donors (Lipinski definition) is 2. The summed E-state index contributed by atoms with van der Waals surface area (Å²) in [5.41, 5.74) is 0. The van der Waals surface area contributed by atoms with E-state index >= 15 is 0 Å². The largest absolute Gasteiger partial charge is 0.481 e. The molecule has 142 valence electrons. The highest BCUT2D eigenvalue weighted by molar-refractivity contribution is 7.86. The number of hydrogen-bond acceptors (Lipinski definition) is 3. The molecule has 1 atom stereocenters. The minimum Gasteiger partial charge on any atom is -0.481 e. The summed E-state index contributed by atoms with van der Waals surface area (Å²) in [4.78, 5) is 10.4. The van der Waals surface area contributed by atoms with E-state index in [4.69, 9.17) is 5.11 Å². The maximum absolute atomic E-state index is 11.4. The van der Waals surface area contributed by atoms with Crippen molar-refractivity contribution in [2.75, 3.05) is 0 Å². The van der Waals surface area contributed by atoms with Crippen LogP contribution in [-0.4, -0.2) is 29.3 Å². The zero-order valence-corrected chi connectivity index (χ0v) is 15.8. The van der Waals surface area contributed by atoms with Gasteiger partial charge in [-0.1, -0.05) is 70.4 Å². The zero-order chi connectivity index (χ0) is 18.3. The van der Waals surface area contributed by atoms with Crippen molar-refractivity contribution in [1.82, 2.24) is 0 Å². The Labute approximate surface area is 147 Å². The van der Waals surface area contributed by atoms with Crippen LogP contribution in [0.25, 0.3) is 0 Å². The van der Waals surface area contributed by atoms with Crippen LogP contribution in [0.4, 0.5) is 0 Å². The van der Waals surface area contributed by atoms with Gasteiger partial charge in [-0.2, -0.15) is 8.42 Å². The minimum atomic E-state index is -4.04. The van der Waals surface area contributed by atoms with Crippen molar-refractivity contribution in [2.24, 2.45) is 0 Å². The van der Waals surface area contributed by atoms with Crippen molar-refractivity contribution < 1.29 is 22.9 Å². The van der Waals surface area contributed by atoms with Gasteiger partial charge >= 0.3 is 5.97 Å². The standard InChI is InChI=1S/C18H34O5S/c1-2-3-4-5-6-8-11-14-17(24(21,22)23)15-12-9-7-10-13-16-18(19)20/h11,14,17H,2-10,12-13,15-16H2,1H3,(H,19,20)(H,21,22,23). The van der Waals surface area contributed by atoms with Crippen molar-refractivity contribution >= 4 is 16.1 Å². The molecule has 0 radical (unpaired) electrons. The van der Waals surface area contributed by atoms with E-state index in [-0.39, 0.29) is 6.42 Å². The van der Waals surface area contributed by atoms with Crippen LogP contribution in [0.2, 0.25) is 0 Å². The van der Waals surface area contributed by atoms with Gasteiger partial charge < -0.3 is 5.11 Å². The predicted molar refractivity (Wildman–Crippen MR) is 97.8 cm³/mol. The molecule has 5 nitrogen and oxygen atoms in total. The van der Waals surface area contributed by atoms with Crippen molar-refractivity contribution in [3.63, 3.8) is 0 Å². The number of aliphatic carboxylic acids is 1. The van der Waals surface area contributed by atoms with Crippen LogP contribution in [0, 0.1) is 0 Å². The van der Waals surface area contributed by atoms with E-state index in [0.29, 0.717) is 12.8 Å². The molecular formula is C18H34O5S. The molecule has 0 rings (SSSR count). The Balaban J connectivity index is 3.92. The second-order valence-corrected chi connectivity index (χ2v) is 8.02. The summed E-state index contributed by atoms with van der Waals surface area (Å²) < 4.78 is 32.1. The summed E-state index contributed by atoms with van der Waals surface area (Å²) in [6.07, 6.45) is 14.8. The van der Waals surface area contributed by atoms with E-state index in [0.717, 1.165) is 44.9 Å². The van der Waals surface area contributed by atoms with Gasteiger partial charge in [0.2, 0.25) is 0 Å². The van der Waals surface area contributed by atoms with Gasteiger partial charge in [-0.25, -0.2) is 0 Å². The number of carbonyl (C=O) groups is 1. The number of carboxylic acid groups (broad SMARTS) is 1. The average Bonchev–Trinajstić information content (AvgIpc) is 2.49. The highest BCUT2D eigenvalue weighted by Crippen LogP contribution is 2.15. The maximum atomic E-state index is 11.4. The Morgan fingerprint density at radius 3 is 2.17 bits per heavy atom. The number of allylic oxidation sites excluding steroid dienone is 1. The zero-order valence-electron chi connectivity index (χ0n) is 15.0. The molecule has 0 saturated carbocycles. The smallest absolute Gasteiger partial charge is 0.303 e. The summed E-state index contributed by atoms with van der Waals surface area (Å²) >= 11 is 0. The summed E-state index contributed by atoms with van der Waals surface area (Å²) in [6, 6.07) is 0. The Kier molecular flexibility index (Phi) is 13.9. The molecule has 0 heterocycles. The highest BCUT2D eigenvalue weighted by Gasteiger charge is 2.18. The third-order valence-electron chi connectivity index (χ3n) is 4.09. The molecule has 0 amide bonds. The van der Waals surface area contributed by atoms with E-state index in [2.05, 4.69) is 6.92 Å². The average molecular weight is 363 g/mol. The molecule has 0 aromatic rings. The molecule has 0 fully saturated rings. The first-order valence-electron chi connectivity index (χ1n) is 9.22. The minimum absolute atomic E-state index is 0.189. The summed E-state index contributed by atoms with van der Waals surface area (Å²) in [5, 5.41) is 7.73. The van der Waals surface area contributed by atoms with E-state index in [9.17, 15) is 17.8 Å². The number of rotatable bonds is 16. The molecule has 0 bridgehead atoms. The van der Waals surface area contributed by atoms with Gasteiger partial charge in [-0.15, -0.1) is 0 Å². The van der Waals surface area contributed by atoms with Crippen LogP contribution in [0.3, 0.4) is 0 Å². The van der Waals surface area contributed by atoms with Gasteiger partial charge in [0.25, 0.3) is 10.1 Å². The van der Waals surface area contributed by atoms with E-state index in [1.807, 2.05) is 6.08 Å². The third-order valence-corrected chi connectivity index (χ3v) is 5.24. The summed E-state index contributed by atoms with van der Waals surface area (Å²) in [5.74, 6) is -0.777. The Morgan fingerprint density at radius 2 is 1.54 bits per heavy atom. The van der Waals surface area contributed by atoms with Crippen LogP contribution < -0.4 is 0 Å². The second-order valence-electron chi connectivity index (χ2n) is 6.38. The lowest BCUT2D eigenvalue weighted by atomic mass is 10.1. The van der Waals surface area contributed by atoms with Gasteiger partial charge in [-0.05, 0) is 25.7 Å². The van der Waals surface area contributed by atoms with Gasteiger partial charge in [0, 0.05) is 6.42 Å². The summed E-state index contributed by atoms with van der Waals surface area (Å²) in [6.45, 7) is 2.17. The van der Waals surface area contributed by atoms with Crippen LogP contribution >= 0.6 is 0 Å². The fourth-order valence-corrected chi connectivity index (χ4v) is 3.38. The first-order valence-corrected chi connectivity index (χ1v) is 10.7. The SMILES string of the molecule is CCCCCCCC=CC(CCCCCCCC(=O)O)S(=O)(=O)O. The quantitative estimate of drug-likeness (QED) is 0.230. The molecule has 6 heteroatoms. The van der Waals surface area contributed by atoms with Gasteiger partial charge in [-0.3, -0.25) is 9.35 Å². The molecule has 0 aliphatic carbocycles. The van der Waals surface area contributed by atoms with Crippen molar-refractivity contribution in [1.29, 1.82) is 0 Å². The maximum Gasteiger partial charge on any atom is 0.303 e. The lowest BCUT2D eigenvalue weighted by Gasteiger charge is -2.09. The van der Waals surface area contributed by atoms with Crippen LogP contribution in [0.15, 0.2) is 12.2 Å². The monoisotopic (exact) mass is 362 g/mol. The van der Waals surface area contributed by atoms with Crippen LogP contribution in [0.1, 0.15) is 90.4 Å². The number of carboxylic acids is 1. The Bertz CT molecular complexity index is 442. The van der Waals surface area contributed by atoms with Crippen molar-refractivity contribution in [2.45, 2.75) is 95.6 Å². The topological polar surface area (TPSA) is 91.7 Å². The van der Waals surface area contributed by atoms with E-state index in [1.165, 1.54) is 19.3 Å². The fraction of sp³-hybridized carbons (Fsp3) is 0.833. The second kappa shape index (κ2) is 14.5. The van der Waals surface area contributed by atoms with E-state index in [1.54, 1.807) is 6.08 Å². The van der Waals surface area contributed by atoms with Crippen molar-refractivity contribution in [3.8, 4) is 0 Å². The lowest BCUT2D eigenvalue weighted by molar-refractivity contribution is -0.137. The lowest BCUT2D eigenvalue weighted by Crippen LogP contribution is -2.17. The Morgan fingerprint density at radius 1 is 0.958 bits per heavy atom. The van der Waals surface area contributed by atoms with Crippen molar-refractivity contribution in [3.05, 3.63) is 12.2 Å². The third kappa shape index (κ3) is 14.7. The molecular weight excluding hydrogens is 328 g/mol. The Hall–Kier alpha value is -0.880. The molecule has 0 spiro atoms. The number of unbranched alkanes of at least 4 members (excludes halogenated alkanes) is 9. The van der Waals surface area contributed by atoms with Gasteiger partial charge in [0.15, 0.2) is 0 Å². The molecule has 2 N–H and O–H groups in total. The van der Waals surface area contributed by atoms with Gasteiger partial charge in [0.1, 0.15) is 5.25 Å². The molecule has 0 aromatic heterocycles. The van der Waals surface area contributed by atoms with Crippen LogP contribution in [-0.2, 0) is 14.9 Å². The summed E-state index contributed by atoms with van der Waals surface area (Å²) in [7, 11) is -4.04. The van der Waals surface area contributed by atoms with Crippen LogP contribution in [0.5, 0.6) is 0 Å². The normalized spacial score (nSPS) is 13.4. The molecule has 0 aromatic carbocycles. The molecule has 1 unspecified atom stereocenters. The first kappa shape index (κ1) is 23.1. The van der Waals surface area contributed by atoms with Gasteiger partial charge in [0.05, 0.1) is 0 Å². The molecule has 24 heavy (non-hydrogen) atoms. The first-order chi connectivity index (χ1) is 11.4. The molecule has 0 aliphatic heterocycles. The predicted octanol–water partition coefficient (Wildman–Crippen LogP) is 4.97. The fourth-order valence-electron chi connectivity index (χ4n) is 2.61.